The SMILES string of the molecule is CC[C@H]1O[C@@H](n2ccc(=O)[nH]c2=S)[C@@H](OC(=O)c2ccccc2)C1C. The average molecular weight is 360 g/mol. The van der Waals surface area contributed by atoms with Crippen LogP contribution < -0.4 is 5.56 Å². The molecule has 0 saturated carbocycles. The number of ether oxygens (including phenoxy) is 2. The first-order valence-electron chi connectivity index (χ1n) is 8.24. The topological polar surface area (TPSA) is 73.3 Å². The number of aromatic nitrogens is 2. The van der Waals surface area contributed by atoms with Crippen molar-refractivity contribution in [2.45, 2.75) is 38.7 Å². The first-order chi connectivity index (χ1) is 12.0. The van der Waals surface area contributed by atoms with Gasteiger partial charge >= 0.3 is 5.97 Å². The number of nitrogens with zero attached hydrogens (tertiary/aromatic N) is 1. The highest BCUT2D eigenvalue weighted by molar-refractivity contribution is 7.71. The number of H-pyrrole nitrogens is 1. The minimum atomic E-state index is -0.572. The summed E-state index contributed by atoms with van der Waals surface area (Å²) in [5.41, 5.74) is 0.204. The molecular weight excluding hydrogens is 340 g/mol. The number of hydrogen-bond acceptors (Lipinski definition) is 5. The largest absolute Gasteiger partial charge is 0.454 e. The first kappa shape index (κ1) is 17.6. The third-order valence-electron chi connectivity index (χ3n) is 4.48. The molecule has 2 aromatic rings. The van der Waals surface area contributed by atoms with Crippen LogP contribution in [0.2, 0.25) is 0 Å². The molecule has 0 spiro atoms. The van der Waals surface area contributed by atoms with E-state index in [2.05, 4.69) is 4.98 Å². The van der Waals surface area contributed by atoms with Crippen LogP contribution in [0, 0.1) is 10.7 Å². The molecule has 25 heavy (non-hydrogen) atoms. The lowest BCUT2D eigenvalue weighted by molar-refractivity contribution is -0.0501. The van der Waals surface area contributed by atoms with E-state index >= 15 is 0 Å². The molecule has 1 fully saturated rings. The Kier molecular flexibility index (Phi) is 5.15. The maximum Gasteiger partial charge on any atom is 0.338 e. The van der Waals surface area contributed by atoms with Gasteiger partial charge in [-0.25, -0.2) is 4.79 Å². The van der Waals surface area contributed by atoms with Crippen LogP contribution in [0.25, 0.3) is 0 Å². The van der Waals surface area contributed by atoms with E-state index in [1.54, 1.807) is 35.0 Å². The summed E-state index contributed by atoms with van der Waals surface area (Å²) >= 11 is 5.24. The van der Waals surface area contributed by atoms with Crippen molar-refractivity contribution in [3.63, 3.8) is 0 Å². The van der Waals surface area contributed by atoms with Gasteiger partial charge in [0.2, 0.25) is 0 Å². The van der Waals surface area contributed by atoms with Gasteiger partial charge in [-0.2, -0.15) is 0 Å². The summed E-state index contributed by atoms with van der Waals surface area (Å²) in [6, 6.07) is 10.2. The Hall–Kier alpha value is -2.25. The van der Waals surface area contributed by atoms with E-state index in [0.717, 1.165) is 6.42 Å². The summed E-state index contributed by atoms with van der Waals surface area (Å²) in [6.45, 7) is 4.01. The Balaban J connectivity index is 1.91. The molecule has 1 aromatic heterocycles. The van der Waals surface area contributed by atoms with E-state index in [4.69, 9.17) is 21.7 Å². The van der Waals surface area contributed by atoms with Crippen molar-refractivity contribution in [3.05, 3.63) is 63.3 Å². The maximum absolute atomic E-state index is 12.5. The number of aromatic amines is 1. The highest BCUT2D eigenvalue weighted by atomic mass is 32.1. The molecule has 1 saturated heterocycles. The number of hydrogen-bond donors (Lipinski definition) is 1. The molecule has 0 aliphatic carbocycles. The molecule has 6 nitrogen and oxygen atoms in total. The van der Waals surface area contributed by atoms with Gasteiger partial charge in [-0.15, -0.1) is 0 Å². The lowest BCUT2D eigenvalue weighted by atomic mass is 9.98. The lowest BCUT2D eigenvalue weighted by Crippen LogP contribution is -2.31. The second-order valence-corrected chi connectivity index (χ2v) is 6.47. The number of esters is 1. The Morgan fingerprint density at radius 3 is 2.68 bits per heavy atom. The van der Waals surface area contributed by atoms with Crippen LogP contribution in [0.3, 0.4) is 0 Å². The van der Waals surface area contributed by atoms with Gasteiger partial charge in [-0.3, -0.25) is 14.3 Å². The summed E-state index contributed by atoms with van der Waals surface area (Å²) in [5, 5.41) is 0. The zero-order chi connectivity index (χ0) is 18.0. The van der Waals surface area contributed by atoms with E-state index in [-0.39, 0.29) is 22.4 Å². The fraction of sp³-hybridized carbons (Fsp3) is 0.389. The van der Waals surface area contributed by atoms with Gasteiger partial charge < -0.3 is 9.47 Å². The summed E-state index contributed by atoms with van der Waals surface area (Å²) in [6.07, 6.45) is 1.22. The minimum absolute atomic E-state index is 0.00325. The third-order valence-corrected chi connectivity index (χ3v) is 4.79. The van der Waals surface area contributed by atoms with Crippen molar-refractivity contribution in [3.8, 4) is 0 Å². The smallest absolute Gasteiger partial charge is 0.338 e. The molecule has 0 bridgehead atoms. The van der Waals surface area contributed by atoms with Crippen molar-refractivity contribution in [2.24, 2.45) is 5.92 Å². The second-order valence-electron chi connectivity index (χ2n) is 6.09. The van der Waals surface area contributed by atoms with Gasteiger partial charge in [0, 0.05) is 18.2 Å². The van der Waals surface area contributed by atoms with Gasteiger partial charge in [-0.05, 0) is 30.8 Å². The molecule has 3 rings (SSSR count). The molecule has 7 heteroatoms. The summed E-state index contributed by atoms with van der Waals surface area (Å²) in [4.78, 5) is 26.5. The van der Waals surface area contributed by atoms with Gasteiger partial charge in [0.1, 0.15) is 0 Å². The molecule has 1 aromatic carbocycles. The fourth-order valence-electron chi connectivity index (χ4n) is 3.10. The van der Waals surface area contributed by atoms with Crippen molar-refractivity contribution < 1.29 is 14.3 Å². The van der Waals surface area contributed by atoms with E-state index < -0.39 is 18.3 Å². The molecular formula is C18H20N2O4S. The van der Waals surface area contributed by atoms with Gasteiger partial charge in [0.25, 0.3) is 5.56 Å². The Bertz CT molecular complexity index is 861. The number of nitrogens with one attached hydrogen (secondary N) is 1. The first-order valence-corrected chi connectivity index (χ1v) is 8.65. The highest BCUT2D eigenvalue weighted by Crippen LogP contribution is 2.37. The number of rotatable bonds is 4. The number of carbonyl (C=O) groups excluding carboxylic acids is 1. The monoisotopic (exact) mass is 360 g/mol. The van der Waals surface area contributed by atoms with Crippen LogP contribution >= 0.6 is 12.2 Å². The van der Waals surface area contributed by atoms with Crippen molar-refractivity contribution in [1.82, 2.24) is 9.55 Å². The Morgan fingerprint density at radius 2 is 2.04 bits per heavy atom. The maximum atomic E-state index is 12.5. The minimum Gasteiger partial charge on any atom is -0.454 e. The lowest BCUT2D eigenvalue weighted by Gasteiger charge is -2.23. The van der Waals surface area contributed by atoms with Gasteiger partial charge in [0.15, 0.2) is 17.1 Å². The van der Waals surface area contributed by atoms with E-state index in [1.807, 2.05) is 19.9 Å². The molecule has 1 N–H and O–H groups in total. The van der Waals surface area contributed by atoms with E-state index in [1.165, 1.54) is 6.07 Å². The predicted molar refractivity (Wildman–Crippen MR) is 94.9 cm³/mol. The number of benzene rings is 1. The zero-order valence-electron chi connectivity index (χ0n) is 14.0. The van der Waals surface area contributed by atoms with Crippen LogP contribution in [-0.4, -0.2) is 27.7 Å². The van der Waals surface area contributed by atoms with E-state index in [9.17, 15) is 9.59 Å². The third kappa shape index (κ3) is 3.57. The highest BCUT2D eigenvalue weighted by Gasteiger charge is 2.44. The molecule has 1 unspecified atom stereocenters. The van der Waals surface area contributed by atoms with Crippen molar-refractivity contribution in [2.75, 3.05) is 0 Å². The van der Waals surface area contributed by atoms with Crippen LogP contribution in [-0.2, 0) is 9.47 Å². The Morgan fingerprint density at radius 1 is 1.32 bits per heavy atom. The molecule has 132 valence electrons. The van der Waals surface area contributed by atoms with Crippen molar-refractivity contribution >= 4 is 18.2 Å². The molecule has 2 heterocycles. The van der Waals surface area contributed by atoms with Crippen LogP contribution in [0.15, 0.2) is 47.4 Å². The van der Waals surface area contributed by atoms with Gasteiger partial charge in [0.05, 0.1) is 11.7 Å². The summed E-state index contributed by atoms with van der Waals surface area (Å²) < 4.78 is 13.7. The molecule has 1 aliphatic rings. The van der Waals surface area contributed by atoms with E-state index in [0.29, 0.717) is 5.56 Å². The summed E-state index contributed by atoms with van der Waals surface area (Å²) in [5.74, 6) is -0.407. The predicted octanol–water partition coefficient (Wildman–Crippen LogP) is 3.07. The zero-order valence-corrected chi connectivity index (χ0v) is 14.9. The Labute approximate surface area is 150 Å². The average Bonchev–Trinajstić information content (AvgIpc) is 2.92. The normalized spacial score (nSPS) is 25.7. The standard InChI is InChI=1S/C18H20N2O4S/c1-3-13-11(2)15(24-17(22)12-7-5-4-6-8-12)16(23-13)20-10-9-14(21)19-18(20)25/h4-11,13,15-16H,3H2,1-2H3,(H,19,21,25)/t11?,13-,15+,16-/m1/s1. The molecule has 0 amide bonds. The van der Waals surface area contributed by atoms with Crippen LogP contribution in [0.1, 0.15) is 36.9 Å². The second kappa shape index (κ2) is 7.33. The number of carbonyl (C=O) groups is 1. The van der Waals surface area contributed by atoms with Gasteiger partial charge in [-0.1, -0.05) is 32.0 Å². The quantitative estimate of drug-likeness (QED) is 0.670. The van der Waals surface area contributed by atoms with Crippen LogP contribution in [0.5, 0.6) is 0 Å². The molecule has 1 aliphatic heterocycles. The molecule has 4 atom stereocenters. The summed E-state index contributed by atoms with van der Waals surface area (Å²) in [7, 11) is 0. The fourth-order valence-corrected chi connectivity index (χ4v) is 3.37. The van der Waals surface area contributed by atoms with Crippen LogP contribution in [0.4, 0.5) is 0 Å². The van der Waals surface area contributed by atoms with Crippen molar-refractivity contribution in [1.29, 1.82) is 0 Å². The molecule has 0 radical (unpaired) electrons.